The summed E-state index contributed by atoms with van der Waals surface area (Å²) in [5.41, 5.74) is 2.34. The maximum absolute atomic E-state index is 13.2. The second-order valence-corrected chi connectivity index (χ2v) is 7.45. The molecule has 0 unspecified atom stereocenters. The van der Waals surface area contributed by atoms with Gasteiger partial charge in [-0.05, 0) is 55.3 Å². The third kappa shape index (κ3) is 6.04. The maximum Gasteiger partial charge on any atom is 0.268 e. The van der Waals surface area contributed by atoms with E-state index in [0.717, 1.165) is 11.1 Å². The molecule has 172 valence electrons. The minimum absolute atomic E-state index is 0.0791. The van der Waals surface area contributed by atoms with Gasteiger partial charge in [-0.2, -0.15) is 0 Å². The van der Waals surface area contributed by atoms with Crippen LogP contribution in [0.1, 0.15) is 46.6 Å². The summed E-state index contributed by atoms with van der Waals surface area (Å²) < 4.78 is 16.0. The summed E-state index contributed by atoms with van der Waals surface area (Å²) in [5, 5.41) is 5.72. The number of furan rings is 1. The summed E-state index contributed by atoms with van der Waals surface area (Å²) in [4.78, 5) is 26.1. The number of nitrogens with one attached hydrogen (secondary N) is 2. The van der Waals surface area contributed by atoms with Gasteiger partial charge in [0.25, 0.3) is 11.8 Å². The van der Waals surface area contributed by atoms with E-state index in [1.807, 2.05) is 32.0 Å². The van der Waals surface area contributed by atoms with Crippen molar-refractivity contribution in [1.29, 1.82) is 0 Å². The molecule has 0 fully saturated rings. The van der Waals surface area contributed by atoms with Crippen molar-refractivity contribution in [3.63, 3.8) is 0 Å². The normalized spacial score (nSPS) is 12.1. The van der Waals surface area contributed by atoms with Crippen LogP contribution < -0.4 is 20.1 Å². The number of ether oxygens (including phenoxy) is 2. The van der Waals surface area contributed by atoms with E-state index in [1.165, 1.54) is 12.3 Å². The van der Waals surface area contributed by atoms with E-state index < -0.39 is 5.91 Å². The molecule has 2 amide bonds. The number of amides is 2. The van der Waals surface area contributed by atoms with Crippen LogP contribution in [0, 0.1) is 6.92 Å². The Kier molecular flexibility index (Phi) is 7.91. The van der Waals surface area contributed by atoms with Gasteiger partial charge in [0.1, 0.15) is 11.5 Å². The summed E-state index contributed by atoms with van der Waals surface area (Å²) in [7, 11) is 3.13. The first kappa shape index (κ1) is 23.7. The van der Waals surface area contributed by atoms with Gasteiger partial charge in [0, 0.05) is 11.6 Å². The molecule has 1 aromatic heterocycles. The number of carbonyl (C=O) groups is 2. The van der Waals surface area contributed by atoms with E-state index in [2.05, 4.69) is 10.6 Å². The van der Waals surface area contributed by atoms with Gasteiger partial charge in [-0.3, -0.25) is 9.59 Å². The summed E-state index contributed by atoms with van der Waals surface area (Å²) in [5.74, 6) is 0.803. The molecule has 1 heterocycles. The molecule has 0 saturated carbocycles. The third-order valence-corrected chi connectivity index (χ3v) is 5.13. The SMILES string of the molecule is CC[C@@H](NC(=O)/C(=C/c1ccco1)NC(=O)c1cccc(C)c1)c1ccc(OC)c(OC)c1. The zero-order valence-electron chi connectivity index (χ0n) is 19.2. The highest BCUT2D eigenvalue weighted by Crippen LogP contribution is 2.31. The van der Waals surface area contributed by atoms with E-state index in [-0.39, 0.29) is 17.6 Å². The number of aryl methyl sites for hydroxylation is 1. The zero-order chi connectivity index (χ0) is 23.8. The number of rotatable bonds is 9. The Hall–Kier alpha value is -4.00. The third-order valence-electron chi connectivity index (χ3n) is 5.13. The second kappa shape index (κ2) is 11.0. The summed E-state index contributed by atoms with van der Waals surface area (Å²) in [6, 6.07) is 15.8. The lowest BCUT2D eigenvalue weighted by Crippen LogP contribution is -2.36. The standard InChI is InChI=1S/C26H28N2O5/c1-5-21(18-11-12-23(31-3)24(15-18)32-4)27-26(30)22(16-20-10-7-13-33-20)28-25(29)19-9-6-8-17(2)14-19/h6-16,21H,5H2,1-4H3,(H,27,30)(H,28,29)/b22-16-/t21-/m1/s1. The van der Waals surface area contributed by atoms with Crippen LogP contribution in [-0.2, 0) is 4.79 Å². The number of carbonyl (C=O) groups excluding carboxylic acids is 2. The van der Waals surface area contributed by atoms with Gasteiger partial charge in [-0.25, -0.2) is 0 Å². The lowest BCUT2D eigenvalue weighted by Gasteiger charge is -2.20. The Bertz CT molecular complexity index is 1140. The molecule has 0 aliphatic heterocycles. The topological polar surface area (TPSA) is 89.8 Å². The molecule has 0 bridgehead atoms. The van der Waals surface area contributed by atoms with Crippen molar-refractivity contribution < 1.29 is 23.5 Å². The van der Waals surface area contributed by atoms with Crippen molar-refractivity contribution in [1.82, 2.24) is 10.6 Å². The summed E-state index contributed by atoms with van der Waals surface area (Å²) in [6.07, 6.45) is 3.63. The van der Waals surface area contributed by atoms with E-state index in [4.69, 9.17) is 13.9 Å². The fourth-order valence-corrected chi connectivity index (χ4v) is 3.38. The molecule has 3 aromatic rings. The molecule has 0 aliphatic rings. The molecule has 1 atom stereocenters. The van der Waals surface area contributed by atoms with Crippen molar-refractivity contribution in [2.24, 2.45) is 0 Å². The first-order valence-corrected chi connectivity index (χ1v) is 10.6. The fourth-order valence-electron chi connectivity index (χ4n) is 3.38. The van der Waals surface area contributed by atoms with Gasteiger partial charge in [0.05, 0.1) is 26.5 Å². The van der Waals surface area contributed by atoms with Crippen molar-refractivity contribution in [3.8, 4) is 11.5 Å². The Morgan fingerprint density at radius 3 is 2.45 bits per heavy atom. The lowest BCUT2D eigenvalue weighted by atomic mass is 10.0. The molecule has 2 aromatic carbocycles. The highest BCUT2D eigenvalue weighted by molar-refractivity contribution is 6.05. The molecule has 7 heteroatoms. The van der Waals surface area contributed by atoms with Gasteiger partial charge in [0.15, 0.2) is 11.5 Å². The van der Waals surface area contributed by atoms with Crippen LogP contribution in [0.3, 0.4) is 0 Å². The van der Waals surface area contributed by atoms with Crippen molar-refractivity contribution in [2.75, 3.05) is 14.2 Å². The quantitative estimate of drug-likeness (QED) is 0.466. The average Bonchev–Trinajstić information content (AvgIpc) is 3.34. The van der Waals surface area contributed by atoms with Crippen LogP contribution in [0.5, 0.6) is 11.5 Å². The van der Waals surface area contributed by atoms with E-state index in [0.29, 0.717) is 29.2 Å². The Morgan fingerprint density at radius 1 is 1.03 bits per heavy atom. The molecular formula is C26H28N2O5. The first-order chi connectivity index (χ1) is 15.9. The highest BCUT2D eigenvalue weighted by atomic mass is 16.5. The fraction of sp³-hybridized carbons (Fsp3) is 0.231. The summed E-state index contributed by atoms with van der Waals surface area (Å²) in [6.45, 7) is 3.86. The molecule has 2 N–H and O–H groups in total. The van der Waals surface area contributed by atoms with Crippen LogP contribution in [0.4, 0.5) is 0 Å². The predicted molar refractivity (Wildman–Crippen MR) is 126 cm³/mol. The minimum Gasteiger partial charge on any atom is -0.493 e. The number of hydrogen-bond donors (Lipinski definition) is 2. The smallest absolute Gasteiger partial charge is 0.268 e. The number of hydrogen-bond acceptors (Lipinski definition) is 5. The predicted octanol–water partition coefficient (Wildman–Crippen LogP) is 4.64. The van der Waals surface area contributed by atoms with E-state index in [1.54, 1.807) is 50.6 Å². The Labute approximate surface area is 193 Å². The van der Waals surface area contributed by atoms with Crippen molar-refractivity contribution >= 4 is 17.9 Å². The average molecular weight is 449 g/mol. The van der Waals surface area contributed by atoms with Crippen molar-refractivity contribution in [3.05, 3.63) is 89.0 Å². The maximum atomic E-state index is 13.2. The van der Waals surface area contributed by atoms with E-state index >= 15 is 0 Å². The molecule has 33 heavy (non-hydrogen) atoms. The van der Waals surface area contributed by atoms with Crippen LogP contribution in [0.2, 0.25) is 0 Å². The van der Waals surface area contributed by atoms with Gasteiger partial charge >= 0.3 is 0 Å². The largest absolute Gasteiger partial charge is 0.493 e. The molecule has 7 nitrogen and oxygen atoms in total. The minimum atomic E-state index is -0.436. The number of benzene rings is 2. The van der Waals surface area contributed by atoms with Gasteiger partial charge in [-0.15, -0.1) is 0 Å². The lowest BCUT2D eigenvalue weighted by molar-refractivity contribution is -0.118. The van der Waals surface area contributed by atoms with Crippen molar-refractivity contribution in [2.45, 2.75) is 26.3 Å². The first-order valence-electron chi connectivity index (χ1n) is 10.6. The van der Waals surface area contributed by atoms with Gasteiger partial charge < -0.3 is 24.5 Å². The molecule has 3 rings (SSSR count). The zero-order valence-corrected chi connectivity index (χ0v) is 19.2. The monoisotopic (exact) mass is 448 g/mol. The molecule has 0 radical (unpaired) electrons. The van der Waals surface area contributed by atoms with Gasteiger partial charge in [-0.1, -0.05) is 30.7 Å². The Balaban J connectivity index is 1.85. The Morgan fingerprint density at radius 2 is 1.82 bits per heavy atom. The van der Waals surface area contributed by atoms with Gasteiger partial charge in [0.2, 0.25) is 0 Å². The highest BCUT2D eigenvalue weighted by Gasteiger charge is 2.20. The number of methoxy groups -OCH3 is 2. The van der Waals surface area contributed by atoms with E-state index in [9.17, 15) is 9.59 Å². The van der Waals surface area contributed by atoms with Crippen LogP contribution in [-0.4, -0.2) is 26.0 Å². The summed E-state index contributed by atoms with van der Waals surface area (Å²) >= 11 is 0. The molecular weight excluding hydrogens is 420 g/mol. The second-order valence-electron chi connectivity index (χ2n) is 7.45. The van der Waals surface area contributed by atoms with Crippen LogP contribution >= 0.6 is 0 Å². The van der Waals surface area contributed by atoms with Crippen LogP contribution in [0.25, 0.3) is 6.08 Å². The van der Waals surface area contributed by atoms with Crippen LogP contribution in [0.15, 0.2) is 71.0 Å². The molecule has 0 aliphatic carbocycles. The molecule has 0 spiro atoms. The molecule has 0 saturated heterocycles.